The first-order valence-corrected chi connectivity index (χ1v) is 17.4. The molecule has 0 aromatic rings. The van der Waals surface area contributed by atoms with E-state index in [2.05, 4.69) is 55.6 Å². The standard InChI is InChI=1S/C37H67NO3/c1-3-5-7-9-11-13-15-17-19-21-23-25-27-29-31-33-37(41)38-35(34-39)36(40)32-30-28-26-24-22-20-18-16-14-12-10-8-6-4-2/h11,13,17,19,22,24,30,32,35-36,39-40H,3-10,12,14-16,18,20-21,23,25-29,31,33-34H2,1-2H3,(H,38,41)/b13-11-,19-17-,24-22+,32-30+. The van der Waals surface area contributed by atoms with Crippen LogP contribution >= 0.6 is 0 Å². The Bertz CT molecular complexity index is 667. The van der Waals surface area contributed by atoms with Crippen molar-refractivity contribution in [2.45, 2.75) is 174 Å². The highest BCUT2D eigenvalue weighted by Crippen LogP contribution is 2.11. The molecular formula is C37H67NO3. The van der Waals surface area contributed by atoms with Crippen LogP contribution in [0.25, 0.3) is 0 Å². The van der Waals surface area contributed by atoms with E-state index in [-0.39, 0.29) is 12.5 Å². The lowest BCUT2D eigenvalue weighted by atomic mass is 10.1. The van der Waals surface area contributed by atoms with Gasteiger partial charge in [0.2, 0.25) is 5.91 Å². The monoisotopic (exact) mass is 574 g/mol. The van der Waals surface area contributed by atoms with Gasteiger partial charge in [0.15, 0.2) is 0 Å². The van der Waals surface area contributed by atoms with Crippen molar-refractivity contribution in [3.05, 3.63) is 48.6 Å². The van der Waals surface area contributed by atoms with Gasteiger partial charge in [0.1, 0.15) is 0 Å². The lowest BCUT2D eigenvalue weighted by molar-refractivity contribution is -0.123. The summed E-state index contributed by atoms with van der Waals surface area (Å²) < 4.78 is 0. The highest BCUT2D eigenvalue weighted by molar-refractivity contribution is 5.76. The van der Waals surface area contributed by atoms with E-state index in [0.717, 1.165) is 51.4 Å². The largest absolute Gasteiger partial charge is 0.394 e. The van der Waals surface area contributed by atoms with Crippen molar-refractivity contribution < 1.29 is 15.0 Å². The molecule has 0 radical (unpaired) electrons. The molecule has 0 fully saturated rings. The molecule has 238 valence electrons. The Hall–Kier alpha value is -1.65. The van der Waals surface area contributed by atoms with Crippen LogP contribution in [0.1, 0.15) is 162 Å². The van der Waals surface area contributed by atoms with Gasteiger partial charge >= 0.3 is 0 Å². The second-order valence-corrected chi connectivity index (χ2v) is 11.6. The molecule has 3 N–H and O–H groups in total. The fourth-order valence-electron chi connectivity index (χ4n) is 4.81. The van der Waals surface area contributed by atoms with Crippen LogP contribution in [-0.2, 0) is 4.79 Å². The maximum absolute atomic E-state index is 12.3. The molecule has 0 aliphatic rings. The summed E-state index contributed by atoms with van der Waals surface area (Å²) in [6, 6.07) is -0.644. The molecule has 0 aliphatic carbocycles. The van der Waals surface area contributed by atoms with Gasteiger partial charge in [-0.25, -0.2) is 0 Å². The number of unbranched alkanes of at least 4 members (excludes halogenated alkanes) is 17. The number of aliphatic hydroxyl groups excluding tert-OH is 2. The SMILES string of the molecule is CCCCC/C=C\C/C=C\CCCCCCCC(=O)NC(CO)C(O)/C=C/CC/C=C/CCCCCCCCCC. The molecule has 1 amide bonds. The Kier molecular flexibility index (Phi) is 31.5. The zero-order valence-electron chi connectivity index (χ0n) is 27.0. The van der Waals surface area contributed by atoms with Gasteiger partial charge in [0, 0.05) is 6.42 Å². The van der Waals surface area contributed by atoms with Crippen LogP contribution in [0.2, 0.25) is 0 Å². The van der Waals surface area contributed by atoms with Crippen molar-refractivity contribution in [1.29, 1.82) is 0 Å². The van der Waals surface area contributed by atoms with Gasteiger partial charge < -0.3 is 15.5 Å². The molecule has 0 aliphatic heterocycles. The summed E-state index contributed by atoms with van der Waals surface area (Å²) in [5, 5.41) is 22.8. The average Bonchev–Trinajstić information content (AvgIpc) is 2.97. The molecule has 0 aromatic carbocycles. The van der Waals surface area contributed by atoms with E-state index in [0.29, 0.717) is 6.42 Å². The molecule has 0 spiro atoms. The third kappa shape index (κ3) is 29.6. The van der Waals surface area contributed by atoms with Crippen LogP contribution in [0.4, 0.5) is 0 Å². The molecule has 0 heterocycles. The van der Waals surface area contributed by atoms with E-state index in [1.807, 2.05) is 6.08 Å². The van der Waals surface area contributed by atoms with Crippen molar-refractivity contribution >= 4 is 5.91 Å². The normalized spacial score (nSPS) is 13.8. The smallest absolute Gasteiger partial charge is 0.220 e. The maximum atomic E-state index is 12.3. The van der Waals surface area contributed by atoms with E-state index < -0.39 is 12.1 Å². The van der Waals surface area contributed by atoms with E-state index in [9.17, 15) is 15.0 Å². The molecule has 0 saturated carbocycles. The van der Waals surface area contributed by atoms with Gasteiger partial charge in [0.25, 0.3) is 0 Å². The van der Waals surface area contributed by atoms with Crippen molar-refractivity contribution in [2.24, 2.45) is 0 Å². The minimum atomic E-state index is -0.866. The lowest BCUT2D eigenvalue weighted by Crippen LogP contribution is -2.45. The Balaban J connectivity index is 3.74. The summed E-state index contributed by atoms with van der Waals surface area (Å²) in [5.74, 6) is -0.0916. The minimum Gasteiger partial charge on any atom is -0.394 e. The summed E-state index contributed by atoms with van der Waals surface area (Å²) in [5.41, 5.74) is 0. The number of nitrogens with one attached hydrogen (secondary N) is 1. The first kappa shape index (κ1) is 39.4. The molecule has 0 saturated heterocycles. The predicted octanol–water partition coefficient (Wildman–Crippen LogP) is 10.1. The fourth-order valence-corrected chi connectivity index (χ4v) is 4.81. The summed E-state index contributed by atoms with van der Waals surface area (Å²) in [7, 11) is 0. The number of amides is 1. The highest BCUT2D eigenvalue weighted by atomic mass is 16.3. The summed E-state index contributed by atoms with van der Waals surface area (Å²) in [6.45, 7) is 4.23. The van der Waals surface area contributed by atoms with E-state index in [1.165, 1.54) is 89.9 Å². The van der Waals surface area contributed by atoms with E-state index in [1.54, 1.807) is 6.08 Å². The number of rotatable bonds is 30. The molecule has 2 unspecified atom stereocenters. The van der Waals surface area contributed by atoms with Gasteiger partial charge in [-0.2, -0.15) is 0 Å². The first-order valence-electron chi connectivity index (χ1n) is 17.4. The van der Waals surface area contributed by atoms with Gasteiger partial charge in [-0.1, -0.05) is 140 Å². The van der Waals surface area contributed by atoms with Crippen molar-refractivity contribution in [2.75, 3.05) is 6.61 Å². The summed E-state index contributed by atoms with van der Waals surface area (Å²) in [4.78, 5) is 12.3. The third-order valence-corrected chi connectivity index (χ3v) is 7.53. The van der Waals surface area contributed by atoms with Crippen LogP contribution < -0.4 is 5.32 Å². The highest BCUT2D eigenvalue weighted by Gasteiger charge is 2.17. The van der Waals surface area contributed by atoms with Crippen LogP contribution in [0, 0.1) is 0 Å². The maximum Gasteiger partial charge on any atom is 0.220 e. The molecule has 0 aromatic heterocycles. The molecule has 4 heteroatoms. The first-order chi connectivity index (χ1) is 20.2. The molecule has 0 bridgehead atoms. The Morgan fingerprint density at radius 1 is 0.585 bits per heavy atom. The molecular weight excluding hydrogens is 506 g/mol. The number of carbonyl (C=O) groups is 1. The summed E-state index contributed by atoms with van der Waals surface area (Å²) in [6.07, 6.45) is 43.3. The van der Waals surface area contributed by atoms with Gasteiger partial charge in [-0.05, 0) is 64.2 Å². The van der Waals surface area contributed by atoms with Gasteiger partial charge in [0.05, 0.1) is 18.8 Å². The second kappa shape index (κ2) is 32.9. The summed E-state index contributed by atoms with van der Waals surface area (Å²) >= 11 is 0. The van der Waals surface area contributed by atoms with Crippen molar-refractivity contribution in [3.8, 4) is 0 Å². The van der Waals surface area contributed by atoms with E-state index in [4.69, 9.17) is 0 Å². The quantitative estimate of drug-likeness (QED) is 0.0591. The molecule has 2 atom stereocenters. The fraction of sp³-hybridized carbons (Fsp3) is 0.757. The number of aliphatic hydroxyl groups is 2. The Labute approximate surface area is 254 Å². The van der Waals surface area contributed by atoms with Crippen molar-refractivity contribution in [1.82, 2.24) is 5.32 Å². The molecule has 41 heavy (non-hydrogen) atoms. The topological polar surface area (TPSA) is 69.6 Å². The lowest BCUT2D eigenvalue weighted by Gasteiger charge is -2.19. The third-order valence-electron chi connectivity index (χ3n) is 7.53. The van der Waals surface area contributed by atoms with E-state index >= 15 is 0 Å². The molecule has 4 nitrogen and oxygen atoms in total. The Morgan fingerprint density at radius 2 is 1.02 bits per heavy atom. The van der Waals surface area contributed by atoms with Gasteiger partial charge in [-0.3, -0.25) is 4.79 Å². The zero-order chi connectivity index (χ0) is 30.1. The predicted molar refractivity (Wildman–Crippen MR) is 179 cm³/mol. The van der Waals surface area contributed by atoms with Crippen LogP contribution in [0.5, 0.6) is 0 Å². The van der Waals surface area contributed by atoms with Crippen LogP contribution in [0.15, 0.2) is 48.6 Å². The second-order valence-electron chi connectivity index (χ2n) is 11.6. The van der Waals surface area contributed by atoms with Crippen LogP contribution in [-0.4, -0.2) is 34.9 Å². The number of hydrogen-bond acceptors (Lipinski definition) is 3. The zero-order valence-corrected chi connectivity index (χ0v) is 27.0. The van der Waals surface area contributed by atoms with Crippen LogP contribution in [0.3, 0.4) is 0 Å². The average molecular weight is 574 g/mol. The number of allylic oxidation sites excluding steroid dienone is 7. The number of carbonyl (C=O) groups excluding carboxylic acids is 1. The van der Waals surface area contributed by atoms with Gasteiger partial charge in [-0.15, -0.1) is 0 Å². The van der Waals surface area contributed by atoms with Crippen molar-refractivity contribution in [3.63, 3.8) is 0 Å². The number of hydrogen-bond donors (Lipinski definition) is 3. The molecule has 0 rings (SSSR count). The Morgan fingerprint density at radius 3 is 1.61 bits per heavy atom. The minimum absolute atomic E-state index is 0.0916.